The summed E-state index contributed by atoms with van der Waals surface area (Å²) in [5.74, 6) is -0.00777. The number of aromatic nitrogens is 2. The molecule has 0 aliphatic carbocycles. The molecule has 2 aromatic carbocycles. The van der Waals surface area contributed by atoms with Crippen molar-refractivity contribution in [3.63, 3.8) is 0 Å². The number of alkyl halides is 3. The van der Waals surface area contributed by atoms with E-state index in [1.165, 1.54) is 31.2 Å². The summed E-state index contributed by atoms with van der Waals surface area (Å²) in [6.45, 7) is 1.40. The van der Waals surface area contributed by atoms with Crippen LogP contribution in [0.3, 0.4) is 0 Å². The first kappa shape index (κ1) is 21.1. The minimum Gasteiger partial charge on any atom is -0.497 e. The van der Waals surface area contributed by atoms with Gasteiger partial charge in [-0.15, -0.1) is 0 Å². The van der Waals surface area contributed by atoms with Crippen LogP contribution in [0.15, 0.2) is 54.6 Å². The summed E-state index contributed by atoms with van der Waals surface area (Å²) in [5, 5.41) is 0. The summed E-state index contributed by atoms with van der Waals surface area (Å²) in [6, 6.07) is 13.6. The van der Waals surface area contributed by atoms with E-state index >= 15 is 0 Å². The van der Waals surface area contributed by atoms with Gasteiger partial charge in [-0.2, -0.15) is 18.2 Å². The van der Waals surface area contributed by atoms with Gasteiger partial charge in [-0.1, -0.05) is 12.1 Å². The minimum absolute atomic E-state index is 0.0642. The van der Waals surface area contributed by atoms with E-state index in [0.29, 0.717) is 11.8 Å². The van der Waals surface area contributed by atoms with E-state index in [2.05, 4.69) is 9.97 Å². The van der Waals surface area contributed by atoms with Crippen molar-refractivity contribution in [2.24, 2.45) is 0 Å². The Hall–Kier alpha value is -3.62. The molecule has 0 saturated heterocycles. The molecule has 0 amide bonds. The molecule has 1 heterocycles. The molecular weight excluding hydrogens is 401 g/mol. The number of hydrogen-bond donors (Lipinski definition) is 0. The first-order valence-corrected chi connectivity index (χ1v) is 8.75. The molecule has 0 atom stereocenters. The van der Waals surface area contributed by atoms with Crippen LogP contribution >= 0.6 is 0 Å². The lowest BCUT2D eigenvalue weighted by Crippen LogP contribution is -2.10. The summed E-state index contributed by atoms with van der Waals surface area (Å²) in [5.41, 5.74) is -0.0647. The number of hydrogen-bond acceptors (Lipinski definition) is 6. The van der Waals surface area contributed by atoms with Crippen molar-refractivity contribution < 1.29 is 32.2 Å². The number of carbonyl (C=O) groups is 1. The third kappa shape index (κ3) is 5.47. The standard InChI is InChI=1S/C21H17F3N2O4/c1-13-25-18(21(22,23)24)11-19(26-13)30-16-8-6-15(7-9-16)20(27)29-12-14-4-3-5-17(10-14)28-2/h3-11H,12H2,1-2H3. The van der Waals surface area contributed by atoms with Gasteiger partial charge in [0.15, 0.2) is 5.69 Å². The van der Waals surface area contributed by atoms with Crippen LogP contribution in [0.1, 0.15) is 27.4 Å². The van der Waals surface area contributed by atoms with E-state index in [4.69, 9.17) is 14.2 Å². The van der Waals surface area contributed by atoms with Crippen molar-refractivity contribution in [3.8, 4) is 17.4 Å². The number of aryl methyl sites for hydroxylation is 1. The number of carbonyl (C=O) groups excluding carboxylic acids is 1. The van der Waals surface area contributed by atoms with Crippen LogP contribution in [0, 0.1) is 6.92 Å². The molecule has 1 aromatic heterocycles. The second-order valence-corrected chi connectivity index (χ2v) is 6.19. The van der Waals surface area contributed by atoms with Crippen LogP contribution in [-0.4, -0.2) is 23.0 Å². The number of esters is 1. The maximum atomic E-state index is 12.9. The summed E-state index contributed by atoms with van der Waals surface area (Å²) in [7, 11) is 1.54. The van der Waals surface area contributed by atoms with E-state index in [-0.39, 0.29) is 29.6 Å². The highest BCUT2D eigenvalue weighted by Crippen LogP contribution is 2.30. The molecule has 0 unspecified atom stereocenters. The molecule has 30 heavy (non-hydrogen) atoms. The normalized spacial score (nSPS) is 11.1. The topological polar surface area (TPSA) is 70.5 Å². The van der Waals surface area contributed by atoms with Crippen LogP contribution in [-0.2, 0) is 17.5 Å². The van der Waals surface area contributed by atoms with Gasteiger partial charge >= 0.3 is 12.1 Å². The number of ether oxygens (including phenoxy) is 3. The fourth-order valence-electron chi connectivity index (χ4n) is 2.51. The Bertz CT molecular complexity index is 1040. The molecular formula is C21H17F3N2O4. The number of benzene rings is 2. The quantitative estimate of drug-likeness (QED) is 0.527. The number of methoxy groups -OCH3 is 1. The predicted molar refractivity (Wildman–Crippen MR) is 100 cm³/mol. The van der Waals surface area contributed by atoms with Gasteiger partial charge in [0, 0.05) is 6.07 Å². The number of rotatable bonds is 6. The van der Waals surface area contributed by atoms with Crippen molar-refractivity contribution in [1.82, 2.24) is 9.97 Å². The molecule has 0 radical (unpaired) electrons. The molecule has 6 nitrogen and oxygen atoms in total. The Morgan fingerprint density at radius 2 is 1.73 bits per heavy atom. The van der Waals surface area contributed by atoms with E-state index in [1.807, 2.05) is 0 Å². The van der Waals surface area contributed by atoms with Gasteiger partial charge in [-0.05, 0) is 48.9 Å². The van der Waals surface area contributed by atoms with Gasteiger partial charge in [0.1, 0.15) is 23.9 Å². The molecule has 0 fully saturated rings. The second kappa shape index (κ2) is 8.81. The van der Waals surface area contributed by atoms with E-state index in [9.17, 15) is 18.0 Å². The van der Waals surface area contributed by atoms with Crippen LogP contribution in [0.2, 0.25) is 0 Å². The molecule has 0 bridgehead atoms. The Labute approximate surface area is 170 Å². The molecule has 0 aliphatic heterocycles. The van der Waals surface area contributed by atoms with Gasteiger partial charge < -0.3 is 14.2 Å². The Morgan fingerprint density at radius 3 is 2.40 bits per heavy atom. The summed E-state index contributed by atoms with van der Waals surface area (Å²) in [6.07, 6.45) is -4.61. The van der Waals surface area contributed by atoms with E-state index in [1.54, 1.807) is 31.4 Å². The molecule has 9 heteroatoms. The fourth-order valence-corrected chi connectivity index (χ4v) is 2.51. The summed E-state index contributed by atoms with van der Waals surface area (Å²) >= 11 is 0. The monoisotopic (exact) mass is 418 g/mol. The number of nitrogens with zero attached hydrogens (tertiary/aromatic N) is 2. The van der Waals surface area contributed by atoms with Crippen molar-refractivity contribution in [2.45, 2.75) is 19.7 Å². The zero-order valence-electron chi connectivity index (χ0n) is 16.1. The lowest BCUT2D eigenvalue weighted by molar-refractivity contribution is -0.141. The number of halogens is 3. The van der Waals surface area contributed by atoms with Gasteiger partial charge in [0.2, 0.25) is 5.88 Å². The fraction of sp³-hybridized carbons (Fsp3) is 0.190. The third-order valence-corrected chi connectivity index (χ3v) is 3.92. The van der Waals surface area contributed by atoms with Crippen LogP contribution in [0.4, 0.5) is 13.2 Å². The SMILES string of the molecule is COc1cccc(COC(=O)c2ccc(Oc3cc(C(F)(F)F)nc(C)n3)cc2)c1. The van der Waals surface area contributed by atoms with Crippen molar-refractivity contribution in [1.29, 1.82) is 0 Å². The highest BCUT2D eigenvalue weighted by atomic mass is 19.4. The van der Waals surface area contributed by atoms with E-state index in [0.717, 1.165) is 5.56 Å². The maximum Gasteiger partial charge on any atom is 0.433 e. The van der Waals surface area contributed by atoms with Gasteiger partial charge in [-0.3, -0.25) is 0 Å². The average molecular weight is 418 g/mol. The lowest BCUT2D eigenvalue weighted by Gasteiger charge is -2.10. The Kier molecular flexibility index (Phi) is 6.20. The summed E-state index contributed by atoms with van der Waals surface area (Å²) < 4.78 is 54.3. The Balaban J connectivity index is 1.64. The zero-order valence-corrected chi connectivity index (χ0v) is 16.1. The molecule has 0 saturated carbocycles. The van der Waals surface area contributed by atoms with Crippen molar-refractivity contribution >= 4 is 5.97 Å². The van der Waals surface area contributed by atoms with Gasteiger partial charge in [0.05, 0.1) is 12.7 Å². The minimum atomic E-state index is -4.61. The van der Waals surface area contributed by atoms with E-state index < -0.39 is 17.8 Å². The van der Waals surface area contributed by atoms with Crippen molar-refractivity contribution in [3.05, 3.63) is 77.2 Å². The third-order valence-electron chi connectivity index (χ3n) is 3.92. The molecule has 3 rings (SSSR count). The van der Waals surface area contributed by atoms with Crippen LogP contribution < -0.4 is 9.47 Å². The molecule has 0 spiro atoms. The maximum absolute atomic E-state index is 12.9. The Morgan fingerprint density at radius 1 is 1.00 bits per heavy atom. The predicted octanol–water partition coefficient (Wildman–Crippen LogP) is 4.96. The smallest absolute Gasteiger partial charge is 0.433 e. The van der Waals surface area contributed by atoms with Gasteiger partial charge in [-0.25, -0.2) is 9.78 Å². The van der Waals surface area contributed by atoms with Gasteiger partial charge in [0.25, 0.3) is 0 Å². The first-order valence-electron chi connectivity index (χ1n) is 8.75. The zero-order chi connectivity index (χ0) is 21.7. The average Bonchev–Trinajstić information content (AvgIpc) is 2.71. The highest BCUT2D eigenvalue weighted by Gasteiger charge is 2.33. The molecule has 3 aromatic rings. The highest BCUT2D eigenvalue weighted by molar-refractivity contribution is 5.89. The summed E-state index contributed by atoms with van der Waals surface area (Å²) in [4.78, 5) is 19.4. The largest absolute Gasteiger partial charge is 0.497 e. The first-order chi connectivity index (χ1) is 14.2. The van der Waals surface area contributed by atoms with Crippen LogP contribution in [0.5, 0.6) is 17.4 Å². The second-order valence-electron chi connectivity index (χ2n) is 6.19. The van der Waals surface area contributed by atoms with Crippen molar-refractivity contribution in [2.75, 3.05) is 7.11 Å². The molecule has 0 aliphatic rings. The molecule has 0 N–H and O–H groups in total. The lowest BCUT2D eigenvalue weighted by atomic mass is 10.2. The van der Waals surface area contributed by atoms with Crippen LogP contribution in [0.25, 0.3) is 0 Å². The molecule has 156 valence electrons.